The van der Waals surface area contributed by atoms with Crippen LogP contribution in [-0.4, -0.2) is 14.3 Å². The molecule has 0 aliphatic rings. The van der Waals surface area contributed by atoms with Gasteiger partial charge >= 0.3 is 0 Å². The molecule has 0 radical (unpaired) electrons. The lowest BCUT2D eigenvalue weighted by atomic mass is 10.2. The third kappa shape index (κ3) is 4.73. The molecule has 9 heteroatoms. The third-order valence-corrected chi connectivity index (χ3v) is 5.46. The SMILES string of the molecule is O=C(Nc1cccc(F)c1)c1ccc(Cl)c(S(=O)(=O)NCc2ccco2)c1. The quantitative estimate of drug-likeness (QED) is 0.649. The molecule has 2 N–H and O–H groups in total. The second kappa shape index (κ2) is 7.91. The molecule has 0 fully saturated rings. The Morgan fingerprint density at radius 3 is 2.63 bits per heavy atom. The van der Waals surface area contributed by atoms with E-state index < -0.39 is 21.7 Å². The van der Waals surface area contributed by atoms with E-state index in [1.165, 1.54) is 36.6 Å². The van der Waals surface area contributed by atoms with E-state index in [9.17, 15) is 17.6 Å². The van der Waals surface area contributed by atoms with Crippen molar-refractivity contribution in [3.05, 3.63) is 83.0 Å². The van der Waals surface area contributed by atoms with E-state index >= 15 is 0 Å². The molecule has 2 aromatic carbocycles. The van der Waals surface area contributed by atoms with Gasteiger partial charge in [-0.05, 0) is 48.5 Å². The number of furan rings is 1. The van der Waals surface area contributed by atoms with Gasteiger partial charge in [0.05, 0.1) is 17.8 Å². The zero-order valence-electron chi connectivity index (χ0n) is 13.8. The van der Waals surface area contributed by atoms with Crippen LogP contribution >= 0.6 is 11.6 Å². The average Bonchev–Trinajstić information content (AvgIpc) is 3.14. The molecule has 1 aromatic heterocycles. The maximum absolute atomic E-state index is 13.2. The van der Waals surface area contributed by atoms with E-state index in [4.69, 9.17) is 16.0 Å². The number of sulfonamides is 1. The smallest absolute Gasteiger partial charge is 0.255 e. The van der Waals surface area contributed by atoms with Crippen LogP contribution in [0.2, 0.25) is 5.02 Å². The highest BCUT2D eigenvalue weighted by Gasteiger charge is 2.20. The standard InChI is InChI=1S/C18H14ClFN2O4S/c19-16-7-6-12(18(23)22-14-4-1-3-13(20)10-14)9-17(16)27(24,25)21-11-15-5-2-8-26-15/h1-10,21H,11H2,(H,22,23). The van der Waals surface area contributed by atoms with Crippen LogP contribution in [0.5, 0.6) is 0 Å². The monoisotopic (exact) mass is 408 g/mol. The van der Waals surface area contributed by atoms with Crippen molar-refractivity contribution in [2.45, 2.75) is 11.4 Å². The van der Waals surface area contributed by atoms with Gasteiger partial charge in [-0.3, -0.25) is 4.79 Å². The molecule has 27 heavy (non-hydrogen) atoms. The minimum absolute atomic E-state index is 0.0377. The van der Waals surface area contributed by atoms with Gasteiger partial charge in [-0.1, -0.05) is 17.7 Å². The molecule has 0 unspecified atom stereocenters. The molecule has 3 aromatic rings. The molecular weight excluding hydrogens is 395 g/mol. The predicted molar refractivity (Wildman–Crippen MR) is 98.5 cm³/mol. The molecule has 140 valence electrons. The highest BCUT2D eigenvalue weighted by atomic mass is 35.5. The first-order chi connectivity index (χ1) is 12.8. The molecule has 0 bridgehead atoms. The van der Waals surface area contributed by atoms with Crippen LogP contribution < -0.4 is 10.0 Å². The summed E-state index contributed by atoms with van der Waals surface area (Å²) < 4.78 is 45.7. The van der Waals surface area contributed by atoms with Crippen molar-refractivity contribution < 1.29 is 22.0 Å². The number of hydrogen-bond acceptors (Lipinski definition) is 4. The van der Waals surface area contributed by atoms with E-state index in [0.717, 1.165) is 12.1 Å². The first kappa shape index (κ1) is 19.1. The maximum atomic E-state index is 13.2. The van der Waals surface area contributed by atoms with Crippen LogP contribution in [0, 0.1) is 5.82 Å². The Hall–Kier alpha value is -2.68. The van der Waals surface area contributed by atoms with Crippen LogP contribution in [0.3, 0.4) is 0 Å². The molecule has 0 saturated carbocycles. The van der Waals surface area contributed by atoms with Crippen molar-refractivity contribution in [1.82, 2.24) is 4.72 Å². The number of carbonyl (C=O) groups is 1. The van der Waals surface area contributed by atoms with Gasteiger partial charge in [0, 0.05) is 11.3 Å². The molecule has 6 nitrogen and oxygen atoms in total. The number of benzene rings is 2. The van der Waals surface area contributed by atoms with Crippen molar-refractivity contribution >= 4 is 33.2 Å². The summed E-state index contributed by atoms with van der Waals surface area (Å²) in [4.78, 5) is 12.1. The first-order valence-corrected chi connectivity index (χ1v) is 9.60. The fraction of sp³-hybridized carbons (Fsp3) is 0.0556. The lowest BCUT2D eigenvalue weighted by Gasteiger charge is -2.10. The fourth-order valence-electron chi connectivity index (χ4n) is 2.28. The summed E-state index contributed by atoms with van der Waals surface area (Å²) in [7, 11) is -3.98. The lowest BCUT2D eigenvalue weighted by Crippen LogP contribution is -2.24. The van der Waals surface area contributed by atoms with Gasteiger partial charge in [0.15, 0.2) is 0 Å². The summed E-state index contributed by atoms with van der Waals surface area (Å²) in [5, 5.41) is 2.46. The number of anilines is 1. The molecule has 0 aliphatic heterocycles. The van der Waals surface area contributed by atoms with E-state index in [1.807, 2.05) is 0 Å². The first-order valence-electron chi connectivity index (χ1n) is 7.74. The van der Waals surface area contributed by atoms with E-state index in [1.54, 1.807) is 12.1 Å². The molecule has 0 aliphatic carbocycles. The second-order valence-electron chi connectivity index (χ2n) is 5.51. The van der Waals surface area contributed by atoms with E-state index in [-0.39, 0.29) is 27.7 Å². The molecule has 0 spiro atoms. The summed E-state index contributed by atoms with van der Waals surface area (Å²) in [6.07, 6.45) is 1.42. The molecule has 0 saturated heterocycles. The van der Waals surface area contributed by atoms with Gasteiger partial charge in [-0.15, -0.1) is 0 Å². The Morgan fingerprint density at radius 1 is 1.11 bits per heavy atom. The van der Waals surface area contributed by atoms with Crippen LogP contribution in [0.15, 0.2) is 70.2 Å². The van der Waals surface area contributed by atoms with Crippen molar-refractivity contribution in [1.29, 1.82) is 0 Å². The van der Waals surface area contributed by atoms with Gasteiger partial charge in [0.2, 0.25) is 10.0 Å². The number of amides is 1. The summed E-state index contributed by atoms with van der Waals surface area (Å²) in [6.45, 7) is -0.0641. The Morgan fingerprint density at radius 2 is 1.93 bits per heavy atom. The van der Waals surface area contributed by atoms with E-state index in [2.05, 4.69) is 10.0 Å². The van der Waals surface area contributed by atoms with Crippen molar-refractivity contribution in [2.24, 2.45) is 0 Å². The van der Waals surface area contributed by atoms with Crippen LogP contribution in [0.4, 0.5) is 10.1 Å². The summed E-state index contributed by atoms with van der Waals surface area (Å²) in [6, 6.07) is 12.4. The minimum Gasteiger partial charge on any atom is -0.468 e. The van der Waals surface area contributed by atoms with E-state index in [0.29, 0.717) is 5.76 Å². The zero-order valence-corrected chi connectivity index (χ0v) is 15.4. The minimum atomic E-state index is -3.98. The number of rotatable bonds is 6. The van der Waals surface area contributed by atoms with Gasteiger partial charge in [0.25, 0.3) is 5.91 Å². The van der Waals surface area contributed by atoms with Crippen molar-refractivity contribution in [3.63, 3.8) is 0 Å². The Balaban J connectivity index is 1.81. The summed E-state index contributed by atoms with van der Waals surface area (Å²) in [5.74, 6) is -0.677. The summed E-state index contributed by atoms with van der Waals surface area (Å²) >= 11 is 6.00. The molecule has 1 amide bonds. The van der Waals surface area contributed by atoms with Crippen molar-refractivity contribution in [2.75, 3.05) is 5.32 Å². The average molecular weight is 409 g/mol. The molecule has 0 atom stereocenters. The van der Waals surface area contributed by atoms with Gasteiger partial charge in [0.1, 0.15) is 16.5 Å². The van der Waals surface area contributed by atoms with Crippen LogP contribution in [0.1, 0.15) is 16.1 Å². The summed E-state index contributed by atoms with van der Waals surface area (Å²) in [5.41, 5.74) is 0.303. The highest BCUT2D eigenvalue weighted by molar-refractivity contribution is 7.89. The lowest BCUT2D eigenvalue weighted by molar-refractivity contribution is 0.102. The number of halogens is 2. The predicted octanol–water partition coefficient (Wildman–Crippen LogP) is 3.80. The second-order valence-corrected chi connectivity index (χ2v) is 7.66. The number of hydrogen-bond donors (Lipinski definition) is 2. The third-order valence-electron chi connectivity index (χ3n) is 3.58. The normalized spacial score (nSPS) is 11.3. The van der Waals surface area contributed by atoms with Gasteiger partial charge in [-0.2, -0.15) is 0 Å². The maximum Gasteiger partial charge on any atom is 0.255 e. The highest BCUT2D eigenvalue weighted by Crippen LogP contribution is 2.23. The Bertz CT molecular complexity index is 1070. The Kier molecular flexibility index (Phi) is 5.59. The van der Waals surface area contributed by atoms with Crippen LogP contribution in [0.25, 0.3) is 0 Å². The van der Waals surface area contributed by atoms with Crippen LogP contribution in [-0.2, 0) is 16.6 Å². The van der Waals surface area contributed by atoms with Gasteiger partial charge in [-0.25, -0.2) is 17.5 Å². The topological polar surface area (TPSA) is 88.4 Å². The number of carbonyl (C=O) groups excluding carboxylic acids is 1. The van der Waals surface area contributed by atoms with Gasteiger partial charge < -0.3 is 9.73 Å². The van der Waals surface area contributed by atoms with Crippen molar-refractivity contribution in [3.8, 4) is 0 Å². The largest absolute Gasteiger partial charge is 0.468 e. The Labute approximate surface area is 160 Å². The molecule has 1 heterocycles. The fourth-order valence-corrected chi connectivity index (χ4v) is 3.79. The molecule has 3 rings (SSSR count). The molecular formula is C18H14ClFN2O4S. The number of nitrogens with one attached hydrogen (secondary N) is 2. The zero-order chi connectivity index (χ0) is 19.4.